The van der Waals surface area contributed by atoms with Crippen LogP contribution in [0.3, 0.4) is 0 Å². The Balaban J connectivity index is 2.32. The minimum absolute atomic E-state index is 0.0330. The number of nitriles is 1. The van der Waals surface area contributed by atoms with E-state index in [4.69, 9.17) is 10.00 Å². The van der Waals surface area contributed by atoms with Crippen LogP contribution in [0.5, 0.6) is 0 Å². The molecule has 4 nitrogen and oxygen atoms in total. The summed E-state index contributed by atoms with van der Waals surface area (Å²) in [7, 11) is 0. The molecule has 0 bridgehead atoms. The Labute approximate surface area is 101 Å². The first-order chi connectivity index (χ1) is 8.26. The zero-order valence-corrected chi connectivity index (χ0v) is 9.90. The molecule has 0 aromatic heterocycles. The number of ether oxygens (including phenoxy) is 1. The molecular weight excluding hydrogens is 216 g/mol. The molecule has 0 aliphatic carbocycles. The van der Waals surface area contributed by atoms with E-state index in [9.17, 15) is 4.79 Å². The summed E-state index contributed by atoms with van der Waals surface area (Å²) in [6.07, 6.45) is 1.16. The van der Waals surface area contributed by atoms with Crippen molar-refractivity contribution in [1.82, 2.24) is 0 Å². The summed E-state index contributed by atoms with van der Waals surface area (Å²) in [6, 6.07) is 8.82. The van der Waals surface area contributed by atoms with Crippen LogP contribution in [0.1, 0.15) is 25.3 Å². The highest BCUT2D eigenvalue weighted by Crippen LogP contribution is 2.09. The Morgan fingerprint density at radius 1 is 1.41 bits per heavy atom. The molecule has 17 heavy (non-hydrogen) atoms. The van der Waals surface area contributed by atoms with Crippen molar-refractivity contribution in [1.29, 1.82) is 5.26 Å². The maximum atomic E-state index is 11.5. The Kier molecular flexibility index (Phi) is 5.76. The monoisotopic (exact) mass is 232 g/mol. The number of rotatable bonds is 6. The molecule has 0 atom stereocenters. The molecule has 0 unspecified atom stereocenters. The van der Waals surface area contributed by atoms with Crippen molar-refractivity contribution in [2.75, 3.05) is 18.5 Å². The number of nitrogens with zero attached hydrogens (tertiary/aromatic N) is 1. The lowest BCUT2D eigenvalue weighted by atomic mass is 10.2. The van der Waals surface area contributed by atoms with Crippen LogP contribution in [0.4, 0.5) is 5.69 Å². The molecule has 0 aliphatic heterocycles. The van der Waals surface area contributed by atoms with Gasteiger partial charge in [0.25, 0.3) is 0 Å². The summed E-state index contributed by atoms with van der Waals surface area (Å²) in [5.41, 5.74) is 1.30. The van der Waals surface area contributed by atoms with E-state index in [0.717, 1.165) is 6.42 Å². The number of hydrogen-bond acceptors (Lipinski definition) is 3. The molecule has 0 aliphatic rings. The number of anilines is 1. The van der Waals surface area contributed by atoms with Crippen LogP contribution in [0, 0.1) is 11.3 Å². The van der Waals surface area contributed by atoms with Crippen molar-refractivity contribution < 1.29 is 9.53 Å². The van der Waals surface area contributed by atoms with Crippen molar-refractivity contribution in [2.45, 2.75) is 19.8 Å². The molecule has 0 saturated heterocycles. The summed E-state index contributed by atoms with van der Waals surface area (Å²) in [5, 5.41) is 11.4. The van der Waals surface area contributed by atoms with Gasteiger partial charge in [-0.25, -0.2) is 0 Å². The fourth-order valence-electron chi connectivity index (χ4n) is 1.33. The first kappa shape index (κ1) is 13.2. The van der Waals surface area contributed by atoms with Gasteiger partial charge in [0.2, 0.25) is 5.91 Å². The Morgan fingerprint density at radius 2 is 2.12 bits per heavy atom. The summed E-state index contributed by atoms with van der Waals surface area (Å²) in [5.74, 6) is -0.0330. The molecule has 1 aromatic rings. The van der Waals surface area contributed by atoms with Crippen LogP contribution in [0.15, 0.2) is 24.3 Å². The zero-order valence-electron chi connectivity index (χ0n) is 9.90. The normalized spacial score (nSPS) is 9.65. The first-order valence-corrected chi connectivity index (χ1v) is 5.64. The van der Waals surface area contributed by atoms with Gasteiger partial charge in [-0.1, -0.05) is 0 Å². The lowest BCUT2D eigenvalue weighted by molar-refractivity contribution is -0.116. The highest BCUT2D eigenvalue weighted by atomic mass is 16.5. The number of carbonyl (C=O) groups excluding carboxylic acids is 1. The average molecular weight is 232 g/mol. The molecule has 1 amide bonds. The second-order valence-corrected chi connectivity index (χ2v) is 3.54. The second-order valence-electron chi connectivity index (χ2n) is 3.54. The molecule has 0 heterocycles. The van der Waals surface area contributed by atoms with Crippen LogP contribution < -0.4 is 5.32 Å². The van der Waals surface area contributed by atoms with Crippen LogP contribution in [0.25, 0.3) is 0 Å². The van der Waals surface area contributed by atoms with Gasteiger partial charge in [0.15, 0.2) is 0 Å². The van der Waals surface area contributed by atoms with Gasteiger partial charge >= 0.3 is 0 Å². The highest BCUT2D eigenvalue weighted by Gasteiger charge is 2.02. The predicted molar refractivity (Wildman–Crippen MR) is 65.5 cm³/mol. The number of amides is 1. The van der Waals surface area contributed by atoms with E-state index < -0.39 is 0 Å². The van der Waals surface area contributed by atoms with Gasteiger partial charge in [-0.05, 0) is 37.6 Å². The summed E-state index contributed by atoms with van der Waals surface area (Å²) >= 11 is 0. The lowest BCUT2D eigenvalue weighted by Crippen LogP contribution is -2.12. The van der Waals surface area contributed by atoms with Crippen molar-refractivity contribution in [3.63, 3.8) is 0 Å². The van der Waals surface area contributed by atoms with Crippen LogP contribution in [0.2, 0.25) is 0 Å². The molecule has 4 heteroatoms. The fraction of sp³-hybridized carbons (Fsp3) is 0.385. The third kappa shape index (κ3) is 5.14. The molecule has 90 valence electrons. The van der Waals surface area contributed by atoms with Gasteiger partial charge in [0.1, 0.15) is 0 Å². The molecule has 0 fully saturated rings. The van der Waals surface area contributed by atoms with Crippen molar-refractivity contribution in [2.24, 2.45) is 0 Å². The van der Waals surface area contributed by atoms with Crippen LogP contribution >= 0.6 is 0 Å². The van der Waals surface area contributed by atoms with Gasteiger partial charge in [0.05, 0.1) is 11.6 Å². The predicted octanol–water partition coefficient (Wildman–Crippen LogP) is 2.31. The largest absolute Gasteiger partial charge is 0.382 e. The number of carbonyl (C=O) groups is 1. The molecule has 0 spiro atoms. The van der Waals surface area contributed by atoms with E-state index in [1.54, 1.807) is 24.3 Å². The molecule has 0 saturated carbocycles. The Hall–Kier alpha value is -1.86. The summed E-state index contributed by atoms with van der Waals surface area (Å²) < 4.78 is 5.15. The first-order valence-electron chi connectivity index (χ1n) is 5.64. The second kappa shape index (κ2) is 7.42. The number of benzene rings is 1. The minimum atomic E-state index is -0.0330. The summed E-state index contributed by atoms with van der Waals surface area (Å²) in [6.45, 7) is 3.21. The molecule has 1 aromatic carbocycles. The van der Waals surface area contributed by atoms with Crippen molar-refractivity contribution in [3.8, 4) is 6.07 Å². The maximum absolute atomic E-state index is 11.5. The molecular formula is C13H16N2O2. The molecule has 1 rings (SSSR count). The Morgan fingerprint density at radius 3 is 2.71 bits per heavy atom. The van der Waals surface area contributed by atoms with Gasteiger partial charge in [-0.3, -0.25) is 4.79 Å². The summed E-state index contributed by atoms with van der Waals surface area (Å²) in [4.78, 5) is 11.5. The number of hydrogen-bond donors (Lipinski definition) is 1. The van der Waals surface area contributed by atoms with E-state index in [1.165, 1.54) is 0 Å². The van der Waals surface area contributed by atoms with Gasteiger partial charge in [0, 0.05) is 25.3 Å². The van der Waals surface area contributed by atoms with Crippen LogP contribution in [-0.2, 0) is 9.53 Å². The topological polar surface area (TPSA) is 62.1 Å². The average Bonchev–Trinajstić information content (AvgIpc) is 2.36. The van der Waals surface area contributed by atoms with E-state index in [-0.39, 0.29) is 5.91 Å². The molecule has 1 N–H and O–H groups in total. The van der Waals surface area contributed by atoms with E-state index in [2.05, 4.69) is 5.32 Å². The quantitative estimate of drug-likeness (QED) is 0.765. The van der Waals surface area contributed by atoms with Gasteiger partial charge in [-0.15, -0.1) is 0 Å². The lowest BCUT2D eigenvalue weighted by Gasteiger charge is -2.05. The van der Waals surface area contributed by atoms with E-state index in [1.807, 2.05) is 13.0 Å². The SMILES string of the molecule is CCOCCCC(=O)Nc1ccc(C#N)cc1. The van der Waals surface area contributed by atoms with E-state index in [0.29, 0.717) is 30.9 Å². The van der Waals surface area contributed by atoms with Crippen molar-refractivity contribution >= 4 is 11.6 Å². The third-order valence-corrected chi connectivity index (χ3v) is 2.19. The standard InChI is InChI=1S/C13H16N2O2/c1-2-17-9-3-4-13(16)15-12-7-5-11(10-14)6-8-12/h5-8H,2-4,9H2,1H3,(H,15,16). The minimum Gasteiger partial charge on any atom is -0.382 e. The highest BCUT2D eigenvalue weighted by molar-refractivity contribution is 5.90. The third-order valence-electron chi connectivity index (χ3n) is 2.19. The molecule has 0 radical (unpaired) electrons. The van der Waals surface area contributed by atoms with Gasteiger partial charge in [-0.2, -0.15) is 5.26 Å². The maximum Gasteiger partial charge on any atom is 0.224 e. The fourth-order valence-corrected chi connectivity index (χ4v) is 1.33. The van der Waals surface area contributed by atoms with Gasteiger partial charge < -0.3 is 10.1 Å². The van der Waals surface area contributed by atoms with Crippen molar-refractivity contribution in [3.05, 3.63) is 29.8 Å². The van der Waals surface area contributed by atoms with Crippen LogP contribution in [-0.4, -0.2) is 19.1 Å². The van der Waals surface area contributed by atoms with E-state index >= 15 is 0 Å². The number of nitrogens with one attached hydrogen (secondary N) is 1. The smallest absolute Gasteiger partial charge is 0.224 e. The Bertz CT molecular complexity index is 393. The zero-order chi connectivity index (χ0) is 12.5.